The predicted molar refractivity (Wildman–Crippen MR) is 80.3 cm³/mol. The third kappa shape index (κ3) is 3.05. The van der Waals surface area contributed by atoms with Gasteiger partial charge in [0, 0.05) is 5.56 Å². The first-order valence-corrected chi connectivity index (χ1v) is 7.57. The monoisotopic (exact) mass is 288 g/mol. The molecule has 0 aliphatic heterocycles. The van der Waals surface area contributed by atoms with E-state index in [0.717, 1.165) is 11.1 Å². The molecule has 104 valence electrons. The Balaban J connectivity index is 2.43. The molecule has 0 saturated carbocycles. The second-order valence-corrected chi connectivity index (χ2v) is 6.18. The second kappa shape index (κ2) is 5.46. The Morgan fingerprint density at radius 3 is 2.20 bits per heavy atom. The fraction of sp³-hybridized carbons (Fsp3) is 0.133. The van der Waals surface area contributed by atoms with E-state index in [-0.39, 0.29) is 10.7 Å². The molecule has 0 bridgehead atoms. The molecule has 0 spiro atoms. The smallest absolute Gasteiger partial charge is 0.284 e. The third-order valence-corrected chi connectivity index (χ3v) is 4.26. The summed E-state index contributed by atoms with van der Waals surface area (Å²) in [6.07, 6.45) is 0. The Morgan fingerprint density at radius 2 is 1.60 bits per heavy atom. The van der Waals surface area contributed by atoms with E-state index in [0.29, 0.717) is 5.56 Å². The van der Waals surface area contributed by atoms with E-state index in [9.17, 15) is 8.42 Å². The topological polar surface area (TPSA) is 72.5 Å². The summed E-state index contributed by atoms with van der Waals surface area (Å²) < 4.78 is 28.0. The van der Waals surface area contributed by atoms with E-state index in [4.69, 9.17) is 5.73 Å². The van der Waals surface area contributed by atoms with E-state index >= 15 is 0 Å². The van der Waals surface area contributed by atoms with Crippen molar-refractivity contribution in [2.45, 2.75) is 18.7 Å². The van der Waals surface area contributed by atoms with Gasteiger partial charge in [-0.3, -0.25) is 0 Å². The number of aryl methyl sites for hydroxylation is 2. The van der Waals surface area contributed by atoms with Crippen LogP contribution in [-0.2, 0) is 10.0 Å². The molecule has 20 heavy (non-hydrogen) atoms. The highest BCUT2D eigenvalue weighted by Crippen LogP contribution is 2.15. The van der Waals surface area contributed by atoms with Gasteiger partial charge in [-0.1, -0.05) is 42.0 Å². The number of nitrogens with zero attached hydrogens (tertiary/aromatic N) is 1. The van der Waals surface area contributed by atoms with Crippen molar-refractivity contribution < 1.29 is 8.42 Å². The SMILES string of the molecule is Cc1ccc(S(=O)(=O)N=C(N)c2ccccc2C)cc1. The van der Waals surface area contributed by atoms with Crippen molar-refractivity contribution in [2.75, 3.05) is 0 Å². The van der Waals surface area contributed by atoms with Crippen LogP contribution >= 0.6 is 0 Å². The van der Waals surface area contributed by atoms with Gasteiger partial charge in [-0.15, -0.1) is 4.40 Å². The molecule has 2 N–H and O–H groups in total. The molecule has 0 heterocycles. The lowest BCUT2D eigenvalue weighted by atomic mass is 10.1. The average molecular weight is 288 g/mol. The highest BCUT2D eigenvalue weighted by atomic mass is 32.2. The summed E-state index contributed by atoms with van der Waals surface area (Å²) in [5.41, 5.74) is 8.32. The maximum atomic E-state index is 12.2. The molecular formula is C15H16N2O2S. The van der Waals surface area contributed by atoms with Crippen LogP contribution in [0.3, 0.4) is 0 Å². The van der Waals surface area contributed by atoms with Crippen LogP contribution in [0, 0.1) is 13.8 Å². The Morgan fingerprint density at radius 1 is 1.00 bits per heavy atom. The van der Waals surface area contributed by atoms with Gasteiger partial charge in [0.05, 0.1) is 4.90 Å². The van der Waals surface area contributed by atoms with Crippen molar-refractivity contribution in [3.05, 3.63) is 65.2 Å². The number of rotatable bonds is 3. The largest absolute Gasteiger partial charge is 0.383 e. The van der Waals surface area contributed by atoms with Crippen LogP contribution < -0.4 is 5.73 Å². The Hall–Kier alpha value is -2.14. The zero-order chi connectivity index (χ0) is 14.8. The molecule has 0 aliphatic carbocycles. The molecule has 4 nitrogen and oxygen atoms in total. The molecule has 0 saturated heterocycles. The first kappa shape index (κ1) is 14.3. The summed E-state index contributed by atoms with van der Waals surface area (Å²) in [6.45, 7) is 3.75. The van der Waals surface area contributed by atoms with Gasteiger partial charge in [-0.25, -0.2) is 0 Å². The van der Waals surface area contributed by atoms with Gasteiger partial charge in [0.1, 0.15) is 5.84 Å². The summed E-state index contributed by atoms with van der Waals surface area (Å²) in [6, 6.07) is 13.8. The van der Waals surface area contributed by atoms with Crippen molar-refractivity contribution in [1.82, 2.24) is 0 Å². The molecular weight excluding hydrogens is 272 g/mol. The predicted octanol–water partition coefficient (Wildman–Crippen LogP) is 2.40. The summed E-state index contributed by atoms with van der Waals surface area (Å²) in [7, 11) is -3.78. The number of benzene rings is 2. The van der Waals surface area contributed by atoms with Crippen molar-refractivity contribution in [3.8, 4) is 0 Å². The zero-order valence-electron chi connectivity index (χ0n) is 11.4. The molecule has 2 aromatic rings. The lowest BCUT2D eigenvalue weighted by molar-refractivity contribution is 0.598. The molecule has 0 radical (unpaired) electrons. The number of hydrogen-bond acceptors (Lipinski definition) is 2. The highest BCUT2D eigenvalue weighted by molar-refractivity contribution is 7.90. The maximum absolute atomic E-state index is 12.2. The van der Waals surface area contributed by atoms with Crippen molar-refractivity contribution in [2.24, 2.45) is 10.1 Å². The van der Waals surface area contributed by atoms with Crippen LogP contribution in [0.1, 0.15) is 16.7 Å². The number of amidine groups is 1. The minimum absolute atomic E-state index is 0.00340. The lowest BCUT2D eigenvalue weighted by Crippen LogP contribution is -2.17. The quantitative estimate of drug-likeness (QED) is 0.696. The van der Waals surface area contributed by atoms with E-state index in [1.807, 2.05) is 26.0 Å². The van der Waals surface area contributed by atoms with E-state index < -0.39 is 10.0 Å². The fourth-order valence-electron chi connectivity index (χ4n) is 1.80. The van der Waals surface area contributed by atoms with Gasteiger partial charge in [-0.2, -0.15) is 8.42 Å². The number of nitrogens with two attached hydrogens (primary N) is 1. The summed E-state index contributed by atoms with van der Waals surface area (Å²) in [5.74, 6) is 0.00340. The zero-order valence-corrected chi connectivity index (χ0v) is 12.2. The maximum Gasteiger partial charge on any atom is 0.284 e. The molecule has 0 aromatic heterocycles. The summed E-state index contributed by atoms with van der Waals surface area (Å²) in [4.78, 5) is 0.139. The highest BCUT2D eigenvalue weighted by Gasteiger charge is 2.14. The van der Waals surface area contributed by atoms with Crippen LogP contribution in [0.5, 0.6) is 0 Å². The van der Waals surface area contributed by atoms with Gasteiger partial charge in [0.25, 0.3) is 10.0 Å². The standard InChI is InChI=1S/C15H16N2O2S/c1-11-7-9-13(10-8-11)20(18,19)17-15(16)14-6-4-3-5-12(14)2/h3-10H,1-2H3,(H2,16,17). The average Bonchev–Trinajstić information content (AvgIpc) is 2.39. The Labute approximate surface area is 119 Å². The normalized spacial score (nSPS) is 12.4. The number of sulfonamides is 1. The van der Waals surface area contributed by atoms with Crippen LogP contribution in [0.15, 0.2) is 57.8 Å². The molecule has 0 atom stereocenters. The van der Waals surface area contributed by atoms with Crippen LogP contribution in [0.25, 0.3) is 0 Å². The van der Waals surface area contributed by atoms with E-state index in [1.54, 1.807) is 24.3 Å². The minimum atomic E-state index is -3.78. The Kier molecular flexibility index (Phi) is 3.90. The van der Waals surface area contributed by atoms with Crippen LogP contribution in [-0.4, -0.2) is 14.3 Å². The van der Waals surface area contributed by atoms with Gasteiger partial charge in [0.2, 0.25) is 0 Å². The molecule has 0 fully saturated rings. The molecule has 2 aromatic carbocycles. The van der Waals surface area contributed by atoms with Gasteiger partial charge in [-0.05, 0) is 31.5 Å². The molecule has 0 aliphatic rings. The van der Waals surface area contributed by atoms with Gasteiger partial charge >= 0.3 is 0 Å². The van der Waals surface area contributed by atoms with Crippen molar-refractivity contribution >= 4 is 15.9 Å². The van der Waals surface area contributed by atoms with E-state index in [1.165, 1.54) is 12.1 Å². The molecule has 2 rings (SSSR count). The fourth-order valence-corrected chi connectivity index (χ4v) is 2.74. The van der Waals surface area contributed by atoms with Crippen LogP contribution in [0.4, 0.5) is 0 Å². The number of hydrogen-bond donors (Lipinski definition) is 1. The van der Waals surface area contributed by atoms with Crippen molar-refractivity contribution in [3.63, 3.8) is 0 Å². The first-order chi connectivity index (χ1) is 9.40. The molecule has 0 unspecified atom stereocenters. The minimum Gasteiger partial charge on any atom is -0.383 e. The first-order valence-electron chi connectivity index (χ1n) is 6.13. The Bertz CT molecular complexity index is 748. The molecule has 5 heteroatoms. The molecule has 0 amide bonds. The van der Waals surface area contributed by atoms with Crippen molar-refractivity contribution in [1.29, 1.82) is 0 Å². The summed E-state index contributed by atoms with van der Waals surface area (Å²) in [5, 5.41) is 0. The summed E-state index contributed by atoms with van der Waals surface area (Å²) >= 11 is 0. The van der Waals surface area contributed by atoms with E-state index in [2.05, 4.69) is 4.40 Å². The second-order valence-electron chi connectivity index (χ2n) is 4.58. The lowest BCUT2D eigenvalue weighted by Gasteiger charge is -2.05. The van der Waals surface area contributed by atoms with Gasteiger partial charge in [0.15, 0.2) is 0 Å². The third-order valence-electron chi connectivity index (χ3n) is 2.96. The van der Waals surface area contributed by atoms with Gasteiger partial charge < -0.3 is 5.73 Å². The van der Waals surface area contributed by atoms with Crippen LogP contribution in [0.2, 0.25) is 0 Å².